The first kappa shape index (κ1) is 10.6. The van der Waals surface area contributed by atoms with Crippen molar-refractivity contribution >= 4 is 16.7 Å². The van der Waals surface area contributed by atoms with Gasteiger partial charge in [-0.2, -0.15) is 0 Å². The van der Waals surface area contributed by atoms with Crippen LogP contribution in [0.15, 0.2) is 24.5 Å². The van der Waals surface area contributed by atoms with Crippen LogP contribution in [-0.2, 0) is 0 Å². The molecule has 0 atom stereocenters. The Kier molecular flexibility index (Phi) is 2.33. The summed E-state index contributed by atoms with van der Waals surface area (Å²) in [5, 5.41) is 9.35. The van der Waals surface area contributed by atoms with E-state index in [1.54, 1.807) is 6.33 Å². The van der Waals surface area contributed by atoms with Crippen molar-refractivity contribution in [2.45, 2.75) is 12.8 Å². The number of aliphatic hydroxyl groups excluding tert-OH is 1. The molecule has 1 aromatic heterocycles. The van der Waals surface area contributed by atoms with Gasteiger partial charge in [0.15, 0.2) is 0 Å². The summed E-state index contributed by atoms with van der Waals surface area (Å²) in [5.74, 6) is 0. The van der Waals surface area contributed by atoms with Crippen molar-refractivity contribution in [3.05, 3.63) is 24.5 Å². The number of anilines is 1. The molecular weight excluding hydrogens is 214 g/mol. The van der Waals surface area contributed by atoms with Crippen molar-refractivity contribution in [3.63, 3.8) is 0 Å². The molecular formula is C13H17N3O. The van der Waals surface area contributed by atoms with Crippen LogP contribution < -0.4 is 4.90 Å². The van der Waals surface area contributed by atoms with E-state index in [9.17, 15) is 5.11 Å². The molecule has 90 valence electrons. The maximum Gasteiger partial charge on any atom is 0.0931 e. The Morgan fingerprint density at radius 1 is 1.47 bits per heavy atom. The molecule has 1 aliphatic carbocycles. The predicted octanol–water partition coefficient (Wildman–Crippen LogP) is 1.77. The summed E-state index contributed by atoms with van der Waals surface area (Å²) in [6, 6.07) is 6.21. The molecule has 1 fully saturated rings. The molecule has 0 aliphatic heterocycles. The van der Waals surface area contributed by atoms with Gasteiger partial charge in [0, 0.05) is 24.7 Å². The van der Waals surface area contributed by atoms with E-state index in [1.807, 2.05) is 6.07 Å². The van der Waals surface area contributed by atoms with Crippen LogP contribution >= 0.6 is 0 Å². The number of rotatable bonds is 4. The first-order valence-corrected chi connectivity index (χ1v) is 5.98. The highest BCUT2D eigenvalue weighted by molar-refractivity contribution is 5.78. The van der Waals surface area contributed by atoms with Crippen molar-refractivity contribution in [1.29, 1.82) is 0 Å². The quantitative estimate of drug-likeness (QED) is 0.843. The van der Waals surface area contributed by atoms with E-state index < -0.39 is 0 Å². The van der Waals surface area contributed by atoms with Gasteiger partial charge in [-0.1, -0.05) is 0 Å². The fourth-order valence-corrected chi connectivity index (χ4v) is 2.30. The number of imidazole rings is 1. The lowest BCUT2D eigenvalue weighted by Gasteiger charge is -2.24. The number of nitrogens with one attached hydrogen (secondary N) is 1. The molecule has 0 radical (unpaired) electrons. The van der Waals surface area contributed by atoms with Crippen LogP contribution in [0.1, 0.15) is 12.8 Å². The molecule has 1 saturated carbocycles. The zero-order valence-electron chi connectivity index (χ0n) is 9.98. The van der Waals surface area contributed by atoms with Crippen LogP contribution in [0.2, 0.25) is 0 Å². The van der Waals surface area contributed by atoms with Crippen LogP contribution in [0.4, 0.5) is 5.69 Å². The number of fused-ring (bicyclic) bond motifs is 1. The molecule has 0 saturated heterocycles. The van der Waals surface area contributed by atoms with Gasteiger partial charge in [-0.15, -0.1) is 0 Å². The molecule has 2 N–H and O–H groups in total. The van der Waals surface area contributed by atoms with Gasteiger partial charge in [0.2, 0.25) is 0 Å². The molecule has 1 heterocycles. The normalized spacial score (nSPS) is 17.3. The predicted molar refractivity (Wildman–Crippen MR) is 68.1 cm³/mol. The Morgan fingerprint density at radius 3 is 3.00 bits per heavy atom. The Labute approximate surface area is 100 Å². The van der Waals surface area contributed by atoms with Gasteiger partial charge in [-0.3, -0.25) is 0 Å². The molecule has 17 heavy (non-hydrogen) atoms. The zero-order chi connectivity index (χ0) is 11.9. The van der Waals surface area contributed by atoms with E-state index in [-0.39, 0.29) is 5.41 Å². The molecule has 0 bridgehead atoms. The molecule has 4 nitrogen and oxygen atoms in total. The zero-order valence-corrected chi connectivity index (χ0v) is 9.98. The van der Waals surface area contributed by atoms with Crippen molar-refractivity contribution in [3.8, 4) is 0 Å². The van der Waals surface area contributed by atoms with Gasteiger partial charge in [0.1, 0.15) is 0 Å². The summed E-state index contributed by atoms with van der Waals surface area (Å²) in [6.45, 7) is 1.22. The van der Waals surface area contributed by atoms with Gasteiger partial charge in [-0.05, 0) is 31.0 Å². The molecule has 4 heteroatoms. The lowest BCUT2D eigenvalue weighted by molar-refractivity contribution is 0.215. The van der Waals surface area contributed by atoms with Gasteiger partial charge in [-0.25, -0.2) is 4.98 Å². The summed E-state index contributed by atoms with van der Waals surface area (Å²) >= 11 is 0. The van der Waals surface area contributed by atoms with Crippen molar-refractivity contribution in [1.82, 2.24) is 9.97 Å². The summed E-state index contributed by atoms with van der Waals surface area (Å²) < 4.78 is 0. The van der Waals surface area contributed by atoms with Gasteiger partial charge in [0.05, 0.1) is 24.0 Å². The number of aliphatic hydroxyl groups is 1. The third-order valence-corrected chi connectivity index (χ3v) is 3.71. The van der Waals surface area contributed by atoms with E-state index in [2.05, 4.69) is 34.0 Å². The fraction of sp³-hybridized carbons (Fsp3) is 0.462. The molecule has 0 spiro atoms. The van der Waals surface area contributed by atoms with Crippen molar-refractivity contribution in [2.75, 3.05) is 25.1 Å². The van der Waals surface area contributed by atoms with Gasteiger partial charge in [0.25, 0.3) is 0 Å². The van der Waals surface area contributed by atoms with Crippen LogP contribution in [0, 0.1) is 5.41 Å². The molecule has 0 amide bonds. The Balaban J connectivity index is 1.82. The molecule has 1 aliphatic rings. The summed E-state index contributed by atoms with van der Waals surface area (Å²) in [7, 11) is 2.08. The number of H-pyrrole nitrogens is 1. The summed E-state index contributed by atoms with van der Waals surface area (Å²) in [4.78, 5) is 9.54. The lowest BCUT2D eigenvalue weighted by Crippen LogP contribution is -2.28. The highest BCUT2D eigenvalue weighted by Crippen LogP contribution is 2.46. The second kappa shape index (κ2) is 3.74. The number of aromatic nitrogens is 2. The minimum Gasteiger partial charge on any atom is -0.396 e. The first-order valence-electron chi connectivity index (χ1n) is 5.98. The fourth-order valence-electron chi connectivity index (χ4n) is 2.30. The monoisotopic (exact) mass is 231 g/mol. The third kappa shape index (κ3) is 1.89. The van der Waals surface area contributed by atoms with Crippen LogP contribution in [0.25, 0.3) is 11.0 Å². The minimum absolute atomic E-state index is 0.150. The average molecular weight is 231 g/mol. The SMILES string of the molecule is CN(CC1(CO)CC1)c1ccc2nc[nH]c2c1. The second-order valence-electron chi connectivity index (χ2n) is 5.12. The summed E-state index contributed by atoms with van der Waals surface area (Å²) in [5.41, 5.74) is 3.37. The molecule has 3 rings (SSSR count). The second-order valence-corrected chi connectivity index (χ2v) is 5.12. The highest BCUT2D eigenvalue weighted by Gasteiger charge is 2.42. The topological polar surface area (TPSA) is 52.1 Å². The van der Waals surface area contributed by atoms with Crippen LogP contribution in [0.5, 0.6) is 0 Å². The van der Waals surface area contributed by atoms with E-state index in [4.69, 9.17) is 0 Å². The average Bonchev–Trinajstić information content (AvgIpc) is 2.96. The number of hydrogen-bond acceptors (Lipinski definition) is 3. The largest absolute Gasteiger partial charge is 0.396 e. The van der Waals surface area contributed by atoms with Crippen molar-refractivity contribution in [2.24, 2.45) is 5.41 Å². The van der Waals surface area contributed by atoms with Gasteiger partial charge >= 0.3 is 0 Å². The number of aromatic amines is 1. The van der Waals surface area contributed by atoms with Crippen LogP contribution in [-0.4, -0.2) is 35.3 Å². The third-order valence-electron chi connectivity index (χ3n) is 3.71. The lowest BCUT2D eigenvalue weighted by atomic mass is 10.1. The Hall–Kier alpha value is -1.55. The number of benzene rings is 1. The smallest absolute Gasteiger partial charge is 0.0931 e. The number of hydrogen-bond donors (Lipinski definition) is 2. The maximum absolute atomic E-state index is 9.35. The van der Waals surface area contributed by atoms with Crippen molar-refractivity contribution < 1.29 is 5.11 Å². The molecule has 0 unspecified atom stereocenters. The molecule has 2 aromatic rings. The Morgan fingerprint density at radius 2 is 2.29 bits per heavy atom. The van der Waals surface area contributed by atoms with E-state index >= 15 is 0 Å². The van der Waals surface area contributed by atoms with E-state index in [0.717, 1.165) is 30.4 Å². The van der Waals surface area contributed by atoms with Crippen LogP contribution in [0.3, 0.4) is 0 Å². The standard InChI is InChI=1S/C13H17N3O/c1-16(7-13(8-17)4-5-13)10-2-3-11-12(6-10)15-9-14-11/h2-3,6,9,17H,4-5,7-8H2,1H3,(H,14,15). The Bertz CT molecular complexity index is 530. The van der Waals surface area contributed by atoms with E-state index in [1.165, 1.54) is 5.69 Å². The number of nitrogens with zero attached hydrogens (tertiary/aromatic N) is 2. The first-order chi connectivity index (χ1) is 8.22. The summed E-state index contributed by atoms with van der Waals surface area (Å²) in [6.07, 6.45) is 3.99. The maximum atomic E-state index is 9.35. The molecule has 1 aromatic carbocycles. The highest BCUT2D eigenvalue weighted by atomic mass is 16.3. The van der Waals surface area contributed by atoms with Gasteiger partial charge < -0.3 is 15.0 Å². The minimum atomic E-state index is 0.150. The van der Waals surface area contributed by atoms with E-state index in [0.29, 0.717) is 6.61 Å².